The van der Waals surface area contributed by atoms with Crippen LogP contribution in [0.4, 0.5) is 0 Å². The van der Waals surface area contributed by atoms with Gasteiger partial charge in [-0.3, -0.25) is 4.90 Å². The normalized spacial score (nSPS) is 20.0. The molecule has 0 aliphatic carbocycles. The van der Waals surface area contributed by atoms with E-state index in [1.54, 1.807) is 0 Å². The monoisotopic (exact) mass is 333 g/mol. The highest BCUT2D eigenvalue weighted by molar-refractivity contribution is 5.06. The van der Waals surface area contributed by atoms with E-state index in [0.29, 0.717) is 6.04 Å². The lowest BCUT2D eigenvalue weighted by Gasteiger charge is -2.37. The molecular formula is C19H35N5. The van der Waals surface area contributed by atoms with Gasteiger partial charge >= 0.3 is 0 Å². The second-order valence-electron chi connectivity index (χ2n) is 7.86. The molecule has 2 aliphatic heterocycles. The lowest BCUT2D eigenvalue weighted by atomic mass is 10.2. The summed E-state index contributed by atoms with van der Waals surface area (Å²) < 4.78 is 2.36. The van der Waals surface area contributed by atoms with E-state index in [2.05, 4.69) is 46.4 Å². The van der Waals surface area contributed by atoms with Crippen LogP contribution in [0.25, 0.3) is 0 Å². The van der Waals surface area contributed by atoms with Crippen LogP contribution >= 0.6 is 0 Å². The molecule has 1 aromatic rings. The summed E-state index contributed by atoms with van der Waals surface area (Å²) in [6.45, 7) is 14.1. The van der Waals surface area contributed by atoms with Crippen LogP contribution in [0.3, 0.4) is 0 Å². The fourth-order valence-electron chi connectivity index (χ4n) is 3.97. The maximum absolute atomic E-state index is 4.82. The smallest absolute Gasteiger partial charge is 0.109 e. The molecule has 0 amide bonds. The van der Waals surface area contributed by atoms with Crippen molar-refractivity contribution >= 4 is 0 Å². The highest BCUT2D eigenvalue weighted by Crippen LogP contribution is 2.15. The average Bonchev–Trinajstić information content (AvgIpc) is 2.97. The number of aryl methyl sites for hydroxylation is 2. The zero-order valence-electron chi connectivity index (χ0n) is 15.9. The Morgan fingerprint density at radius 1 is 1.12 bits per heavy atom. The summed E-state index contributed by atoms with van der Waals surface area (Å²) in [4.78, 5) is 12.5. The Hall–Kier alpha value is -0.910. The standard InChI is InChI=1S/C19H35N5/c1-17(2)23-13-11-22(12-14-23)9-6-8-21(3)15-18-16-24-10-5-4-7-19(24)20-18/h16-17H,4-15H2,1-3H3. The van der Waals surface area contributed by atoms with Crippen molar-refractivity contribution in [1.29, 1.82) is 0 Å². The maximum Gasteiger partial charge on any atom is 0.109 e. The average molecular weight is 334 g/mol. The first-order valence-electron chi connectivity index (χ1n) is 9.81. The molecule has 0 unspecified atom stereocenters. The van der Waals surface area contributed by atoms with Gasteiger partial charge in [0.1, 0.15) is 5.82 Å². The lowest BCUT2D eigenvalue weighted by Crippen LogP contribution is -2.49. The number of piperazine rings is 1. The number of aromatic nitrogens is 2. The van der Waals surface area contributed by atoms with Crippen molar-refractivity contribution in [2.75, 3.05) is 46.3 Å². The molecule has 2 aliphatic rings. The number of rotatable bonds is 7. The minimum atomic E-state index is 0.694. The summed E-state index contributed by atoms with van der Waals surface area (Å²) in [6, 6.07) is 0.694. The molecule has 0 saturated carbocycles. The van der Waals surface area contributed by atoms with Crippen molar-refractivity contribution in [3.05, 3.63) is 17.7 Å². The number of fused-ring (bicyclic) bond motifs is 1. The fraction of sp³-hybridized carbons (Fsp3) is 0.842. The minimum Gasteiger partial charge on any atom is -0.335 e. The van der Waals surface area contributed by atoms with Crippen LogP contribution in [-0.2, 0) is 19.5 Å². The maximum atomic E-state index is 4.82. The van der Waals surface area contributed by atoms with E-state index in [4.69, 9.17) is 4.98 Å². The van der Waals surface area contributed by atoms with Crippen molar-refractivity contribution < 1.29 is 0 Å². The molecule has 1 fully saturated rings. The first kappa shape index (κ1) is 17.9. The van der Waals surface area contributed by atoms with Crippen LogP contribution in [0.2, 0.25) is 0 Å². The Labute approximate surface area is 147 Å². The van der Waals surface area contributed by atoms with Gasteiger partial charge in [-0.1, -0.05) is 0 Å². The molecule has 24 heavy (non-hydrogen) atoms. The zero-order chi connectivity index (χ0) is 16.9. The van der Waals surface area contributed by atoms with Crippen molar-refractivity contribution in [1.82, 2.24) is 24.3 Å². The Bertz CT molecular complexity index is 478. The van der Waals surface area contributed by atoms with E-state index in [9.17, 15) is 0 Å². The molecule has 0 N–H and O–H groups in total. The molecule has 136 valence electrons. The first-order chi connectivity index (χ1) is 11.6. The van der Waals surface area contributed by atoms with Crippen LogP contribution in [0, 0.1) is 0 Å². The number of hydrogen-bond donors (Lipinski definition) is 0. The highest BCUT2D eigenvalue weighted by Gasteiger charge is 2.18. The van der Waals surface area contributed by atoms with Gasteiger partial charge in [-0.15, -0.1) is 0 Å². The number of nitrogens with zero attached hydrogens (tertiary/aromatic N) is 5. The largest absolute Gasteiger partial charge is 0.335 e. The Morgan fingerprint density at radius 2 is 1.92 bits per heavy atom. The summed E-state index contributed by atoms with van der Waals surface area (Å²) in [6.07, 6.45) is 7.30. The Kier molecular flexibility index (Phi) is 6.31. The summed E-state index contributed by atoms with van der Waals surface area (Å²) in [5, 5.41) is 0. The highest BCUT2D eigenvalue weighted by atomic mass is 15.3. The molecule has 5 heteroatoms. The van der Waals surface area contributed by atoms with Gasteiger partial charge in [-0.25, -0.2) is 4.98 Å². The van der Waals surface area contributed by atoms with Crippen LogP contribution in [0.5, 0.6) is 0 Å². The van der Waals surface area contributed by atoms with Crippen molar-refractivity contribution in [2.24, 2.45) is 0 Å². The number of imidazole rings is 1. The van der Waals surface area contributed by atoms with Gasteiger partial charge in [-0.2, -0.15) is 0 Å². The van der Waals surface area contributed by atoms with E-state index in [-0.39, 0.29) is 0 Å². The van der Waals surface area contributed by atoms with Gasteiger partial charge in [0.2, 0.25) is 0 Å². The van der Waals surface area contributed by atoms with E-state index in [0.717, 1.165) is 26.1 Å². The van der Waals surface area contributed by atoms with E-state index in [1.165, 1.54) is 63.5 Å². The van der Waals surface area contributed by atoms with Crippen LogP contribution in [-0.4, -0.2) is 76.6 Å². The molecule has 0 spiro atoms. The summed E-state index contributed by atoms with van der Waals surface area (Å²) >= 11 is 0. The zero-order valence-corrected chi connectivity index (χ0v) is 15.9. The van der Waals surface area contributed by atoms with Crippen molar-refractivity contribution in [2.45, 2.75) is 58.7 Å². The topological polar surface area (TPSA) is 27.5 Å². The predicted molar refractivity (Wildman–Crippen MR) is 99.3 cm³/mol. The van der Waals surface area contributed by atoms with Crippen LogP contribution in [0.1, 0.15) is 44.6 Å². The van der Waals surface area contributed by atoms with Gasteiger partial charge in [0.25, 0.3) is 0 Å². The van der Waals surface area contributed by atoms with E-state index >= 15 is 0 Å². The summed E-state index contributed by atoms with van der Waals surface area (Å²) in [5.41, 5.74) is 1.25. The summed E-state index contributed by atoms with van der Waals surface area (Å²) in [5.74, 6) is 1.30. The molecule has 0 atom stereocenters. The number of hydrogen-bond acceptors (Lipinski definition) is 4. The van der Waals surface area contributed by atoms with Crippen molar-refractivity contribution in [3.8, 4) is 0 Å². The lowest BCUT2D eigenvalue weighted by molar-refractivity contribution is 0.105. The fourth-order valence-corrected chi connectivity index (χ4v) is 3.97. The van der Waals surface area contributed by atoms with E-state index < -0.39 is 0 Å². The Balaban J connectivity index is 1.34. The van der Waals surface area contributed by atoms with Gasteiger partial charge in [-0.05, 0) is 53.2 Å². The molecule has 0 radical (unpaired) electrons. The van der Waals surface area contributed by atoms with Crippen LogP contribution < -0.4 is 0 Å². The third-order valence-electron chi connectivity index (χ3n) is 5.54. The molecule has 1 aromatic heterocycles. The Morgan fingerprint density at radius 3 is 2.62 bits per heavy atom. The molecular weight excluding hydrogens is 298 g/mol. The van der Waals surface area contributed by atoms with Gasteiger partial charge in [0.15, 0.2) is 0 Å². The second-order valence-corrected chi connectivity index (χ2v) is 7.86. The molecule has 0 aromatic carbocycles. The van der Waals surface area contributed by atoms with Gasteiger partial charge in [0.05, 0.1) is 5.69 Å². The molecule has 5 nitrogen and oxygen atoms in total. The van der Waals surface area contributed by atoms with Crippen molar-refractivity contribution in [3.63, 3.8) is 0 Å². The second kappa shape index (κ2) is 8.45. The third kappa shape index (κ3) is 4.80. The van der Waals surface area contributed by atoms with Crippen LogP contribution in [0.15, 0.2) is 6.20 Å². The van der Waals surface area contributed by atoms with Gasteiger partial charge in [0, 0.05) is 57.9 Å². The quantitative estimate of drug-likeness (QED) is 0.763. The van der Waals surface area contributed by atoms with Gasteiger partial charge < -0.3 is 14.4 Å². The molecule has 3 heterocycles. The third-order valence-corrected chi connectivity index (χ3v) is 5.54. The molecule has 1 saturated heterocycles. The predicted octanol–water partition coefficient (Wildman–Crippen LogP) is 2.07. The SMILES string of the molecule is CC(C)N1CCN(CCCN(C)Cc2cn3c(n2)CCCC3)CC1. The molecule has 3 rings (SSSR count). The molecule has 0 bridgehead atoms. The van der Waals surface area contributed by atoms with E-state index in [1.807, 2.05) is 0 Å². The minimum absolute atomic E-state index is 0.694. The summed E-state index contributed by atoms with van der Waals surface area (Å²) in [7, 11) is 2.23. The first-order valence-corrected chi connectivity index (χ1v) is 9.81.